The number of hydrogen-bond acceptors (Lipinski definition) is 2. The molecular weight excluding hydrogens is 275 g/mol. The molecule has 1 aromatic heterocycles. The zero-order chi connectivity index (χ0) is 10.8. The van der Waals surface area contributed by atoms with Crippen molar-refractivity contribution < 1.29 is 0 Å². The molecule has 0 spiro atoms. The first-order chi connectivity index (χ1) is 7.16. The van der Waals surface area contributed by atoms with E-state index in [9.17, 15) is 0 Å². The number of nitrogens with two attached hydrogens (primary N) is 1. The van der Waals surface area contributed by atoms with Gasteiger partial charge in [-0.3, -0.25) is 0 Å². The SMILES string of the molecule is N[C@@H]1CC[C@@H](Br)C[C@@H]1c1ccc(Cl)nc1. The Bertz CT molecular complexity index is 328. The molecule has 1 saturated carbocycles. The summed E-state index contributed by atoms with van der Waals surface area (Å²) >= 11 is 9.43. The number of nitrogens with zero attached hydrogens (tertiary/aromatic N) is 1. The molecule has 1 aromatic rings. The fourth-order valence-corrected chi connectivity index (χ4v) is 2.91. The average Bonchev–Trinajstić information content (AvgIpc) is 2.23. The van der Waals surface area contributed by atoms with E-state index in [1.165, 1.54) is 12.0 Å². The van der Waals surface area contributed by atoms with Crippen molar-refractivity contribution in [3.63, 3.8) is 0 Å². The van der Waals surface area contributed by atoms with Gasteiger partial charge in [0.1, 0.15) is 5.15 Å². The Labute approximate surface area is 103 Å². The second-order valence-corrected chi connectivity index (χ2v) is 5.78. The predicted molar refractivity (Wildman–Crippen MR) is 66.5 cm³/mol. The Kier molecular flexibility index (Phi) is 3.65. The first kappa shape index (κ1) is 11.4. The lowest BCUT2D eigenvalue weighted by atomic mass is 9.81. The van der Waals surface area contributed by atoms with Gasteiger partial charge in [-0.15, -0.1) is 0 Å². The summed E-state index contributed by atoms with van der Waals surface area (Å²) in [6.07, 6.45) is 5.17. The minimum Gasteiger partial charge on any atom is -0.327 e. The Morgan fingerprint density at radius 1 is 1.40 bits per heavy atom. The van der Waals surface area contributed by atoms with Crippen molar-refractivity contribution in [3.8, 4) is 0 Å². The third-order valence-electron chi connectivity index (χ3n) is 3.02. The Morgan fingerprint density at radius 2 is 2.20 bits per heavy atom. The molecule has 1 aliphatic rings. The van der Waals surface area contributed by atoms with E-state index in [1.54, 1.807) is 0 Å². The van der Waals surface area contributed by atoms with Crippen LogP contribution in [-0.4, -0.2) is 15.9 Å². The lowest BCUT2D eigenvalue weighted by molar-refractivity contribution is 0.396. The van der Waals surface area contributed by atoms with Crippen LogP contribution in [0.1, 0.15) is 30.7 Å². The molecule has 2 rings (SSSR count). The van der Waals surface area contributed by atoms with Crippen molar-refractivity contribution in [2.24, 2.45) is 5.73 Å². The maximum Gasteiger partial charge on any atom is 0.129 e. The third kappa shape index (κ3) is 2.71. The average molecular weight is 290 g/mol. The zero-order valence-corrected chi connectivity index (χ0v) is 10.7. The molecule has 15 heavy (non-hydrogen) atoms. The fourth-order valence-electron chi connectivity index (χ4n) is 2.13. The van der Waals surface area contributed by atoms with E-state index in [2.05, 4.69) is 20.9 Å². The minimum atomic E-state index is 0.252. The van der Waals surface area contributed by atoms with Gasteiger partial charge >= 0.3 is 0 Å². The van der Waals surface area contributed by atoms with Gasteiger partial charge in [0, 0.05) is 23.0 Å². The lowest BCUT2D eigenvalue weighted by Gasteiger charge is -2.31. The molecule has 0 radical (unpaired) electrons. The van der Waals surface area contributed by atoms with E-state index in [4.69, 9.17) is 17.3 Å². The molecule has 0 saturated heterocycles. The van der Waals surface area contributed by atoms with Crippen LogP contribution in [0, 0.1) is 0 Å². The molecule has 0 aromatic carbocycles. The summed E-state index contributed by atoms with van der Waals surface area (Å²) in [6.45, 7) is 0. The molecule has 2 N–H and O–H groups in total. The lowest BCUT2D eigenvalue weighted by Crippen LogP contribution is -2.34. The van der Waals surface area contributed by atoms with Gasteiger partial charge < -0.3 is 5.73 Å². The van der Waals surface area contributed by atoms with Gasteiger partial charge in [-0.2, -0.15) is 0 Å². The van der Waals surface area contributed by atoms with E-state index in [0.717, 1.165) is 12.8 Å². The topological polar surface area (TPSA) is 38.9 Å². The molecule has 2 nitrogen and oxygen atoms in total. The van der Waals surface area contributed by atoms with Crippen LogP contribution < -0.4 is 5.73 Å². The van der Waals surface area contributed by atoms with Gasteiger partial charge in [-0.1, -0.05) is 33.6 Å². The highest BCUT2D eigenvalue weighted by atomic mass is 79.9. The number of alkyl halides is 1. The second-order valence-electron chi connectivity index (χ2n) is 4.09. The number of rotatable bonds is 1. The van der Waals surface area contributed by atoms with E-state index in [0.29, 0.717) is 15.9 Å². The van der Waals surface area contributed by atoms with Gasteiger partial charge in [0.2, 0.25) is 0 Å². The minimum absolute atomic E-state index is 0.252. The number of aromatic nitrogens is 1. The largest absolute Gasteiger partial charge is 0.327 e. The normalized spacial score (nSPS) is 31.5. The van der Waals surface area contributed by atoms with Crippen LogP contribution in [0.25, 0.3) is 0 Å². The van der Waals surface area contributed by atoms with E-state index in [-0.39, 0.29) is 6.04 Å². The molecule has 1 fully saturated rings. The van der Waals surface area contributed by atoms with Crippen molar-refractivity contribution >= 4 is 27.5 Å². The summed E-state index contributed by atoms with van der Waals surface area (Å²) in [7, 11) is 0. The predicted octanol–water partition coefficient (Wildman–Crippen LogP) is 3.09. The van der Waals surface area contributed by atoms with E-state index in [1.807, 2.05) is 18.3 Å². The van der Waals surface area contributed by atoms with Gasteiger partial charge in [0.15, 0.2) is 0 Å². The first-order valence-corrected chi connectivity index (χ1v) is 6.47. The van der Waals surface area contributed by atoms with Crippen molar-refractivity contribution in [2.75, 3.05) is 0 Å². The molecule has 1 aliphatic carbocycles. The zero-order valence-electron chi connectivity index (χ0n) is 8.37. The van der Waals surface area contributed by atoms with Crippen molar-refractivity contribution in [1.29, 1.82) is 0 Å². The number of pyridine rings is 1. The molecule has 0 amide bonds. The Balaban J connectivity index is 2.17. The van der Waals surface area contributed by atoms with Crippen molar-refractivity contribution in [1.82, 2.24) is 4.98 Å². The molecule has 1 heterocycles. The van der Waals surface area contributed by atoms with Crippen molar-refractivity contribution in [2.45, 2.75) is 36.0 Å². The summed E-state index contributed by atoms with van der Waals surface area (Å²) in [5, 5.41) is 0.540. The maximum atomic E-state index is 6.13. The molecule has 82 valence electrons. The highest BCUT2D eigenvalue weighted by Crippen LogP contribution is 2.35. The highest BCUT2D eigenvalue weighted by molar-refractivity contribution is 9.09. The summed E-state index contributed by atoms with van der Waals surface area (Å²) in [5.41, 5.74) is 7.33. The van der Waals surface area contributed by atoms with Crippen LogP contribution in [-0.2, 0) is 0 Å². The van der Waals surface area contributed by atoms with Crippen LogP contribution in [0.15, 0.2) is 18.3 Å². The highest BCUT2D eigenvalue weighted by Gasteiger charge is 2.28. The van der Waals surface area contributed by atoms with Crippen LogP contribution in [0.3, 0.4) is 0 Å². The van der Waals surface area contributed by atoms with E-state index >= 15 is 0 Å². The number of hydrogen-bond donors (Lipinski definition) is 1. The molecule has 0 aliphatic heterocycles. The van der Waals surface area contributed by atoms with Crippen LogP contribution in [0.2, 0.25) is 5.15 Å². The molecule has 0 bridgehead atoms. The molecule has 0 unspecified atom stereocenters. The molecule has 4 heteroatoms. The quantitative estimate of drug-likeness (QED) is 0.637. The van der Waals surface area contributed by atoms with Gasteiger partial charge in [-0.05, 0) is 30.9 Å². The van der Waals surface area contributed by atoms with Crippen LogP contribution in [0.4, 0.5) is 0 Å². The van der Waals surface area contributed by atoms with Gasteiger partial charge in [-0.25, -0.2) is 4.98 Å². The van der Waals surface area contributed by atoms with Crippen molar-refractivity contribution in [3.05, 3.63) is 29.0 Å². The summed E-state index contributed by atoms with van der Waals surface area (Å²) in [4.78, 5) is 4.69. The first-order valence-electron chi connectivity index (χ1n) is 5.18. The smallest absolute Gasteiger partial charge is 0.129 e. The second kappa shape index (κ2) is 4.81. The number of halogens is 2. The summed E-state index contributed by atoms with van der Waals surface area (Å²) < 4.78 is 0. The fraction of sp³-hybridized carbons (Fsp3) is 0.545. The van der Waals surface area contributed by atoms with Gasteiger partial charge in [0.05, 0.1) is 0 Å². The molecule has 3 atom stereocenters. The monoisotopic (exact) mass is 288 g/mol. The van der Waals surface area contributed by atoms with Crippen LogP contribution >= 0.6 is 27.5 Å². The van der Waals surface area contributed by atoms with Crippen LogP contribution in [0.5, 0.6) is 0 Å². The summed E-state index contributed by atoms with van der Waals surface area (Å²) in [5.74, 6) is 0.410. The van der Waals surface area contributed by atoms with E-state index < -0.39 is 0 Å². The summed E-state index contributed by atoms with van der Waals surface area (Å²) in [6, 6.07) is 4.12. The standard InChI is InChI=1S/C11H14BrClN2/c12-8-2-3-10(14)9(5-8)7-1-4-11(13)15-6-7/h1,4,6,8-10H,2-3,5,14H2/t8-,9-,10-/m1/s1. The molecular formula is C11H14BrClN2. The van der Waals surface area contributed by atoms with Gasteiger partial charge in [0.25, 0.3) is 0 Å². The Hall–Kier alpha value is -0.120. The third-order valence-corrected chi connectivity index (χ3v) is 4.07. The maximum absolute atomic E-state index is 6.13. The Morgan fingerprint density at radius 3 is 2.87 bits per heavy atom.